The highest BCUT2D eigenvalue weighted by Crippen LogP contribution is 2.30. The molecular weight excluding hydrogens is 272 g/mol. The van der Waals surface area contributed by atoms with Gasteiger partial charge in [-0.3, -0.25) is 4.79 Å². The molecule has 1 aromatic heterocycles. The number of likely N-dealkylation sites (tertiary alicyclic amines) is 1. The molecule has 1 amide bonds. The molecule has 1 N–H and O–H groups in total. The lowest BCUT2D eigenvalue weighted by Gasteiger charge is -2.25. The third kappa shape index (κ3) is 3.38. The molecule has 2 unspecified atom stereocenters. The second kappa shape index (κ2) is 5.82. The van der Waals surface area contributed by atoms with Crippen molar-refractivity contribution in [2.75, 3.05) is 6.54 Å². The maximum absolute atomic E-state index is 12.6. The molecule has 2 rings (SSSR count). The van der Waals surface area contributed by atoms with Crippen LogP contribution in [0.2, 0.25) is 0 Å². The van der Waals surface area contributed by atoms with Crippen LogP contribution >= 0.6 is 11.3 Å². The third-order valence-electron chi connectivity index (χ3n) is 3.61. The Kier molecular flexibility index (Phi) is 4.49. The Balaban J connectivity index is 2.12. The van der Waals surface area contributed by atoms with Crippen LogP contribution in [0, 0.1) is 0 Å². The predicted octanol–water partition coefficient (Wildman–Crippen LogP) is 2.82. The molecule has 0 saturated carbocycles. The molecular formula is C15H24N2O2S. The average Bonchev–Trinajstić information content (AvgIpc) is 2.94. The molecule has 5 heteroatoms. The van der Waals surface area contributed by atoms with Gasteiger partial charge in [-0.25, -0.2) is 4.98 Å². The summed E-state index contributed by atoms with van der Waals surface area (Å²) >= 11 is 1.49. The molecule has 2 atom stereocenters. The van der Waals surface area contributed by atoms with E-state index in [0.29, 0.717) is 11.3 Å². The largest absolute Gasteiger partial charge is 0.393 e. The van der Waals surface area contributed by atoms with Gasteiger partial charge in [0.1, 0.15) is 4.88 Å². The Morgan fingerprint density at radius 3 is 2.85 bits per heavy atom. The number of aromatic nitrogens is 1. The van der Waals surface area contributed by atoms with E-state index in [9.17, 15) is 9.90 Å². The van der Waals surface area contributed by atoms with Gasteiger partial charge in [0.2, 0.25) is 0 Å². The normalized spacial score (nSPS) is 21.2. The van der Waals surface area contributed by atoms with Crippen LogP contribution in [-0.2, 0) is 5.41 Å². The summed E-state index contributed by atoms with van der Waals surface area (Å²) in [5.41, 5.74) is -0.0206. The van der Waals surface area contributed by atoms with E-state index in [2.05, 4.69) is 25.8 Å². The number of nitrogens with zero attached hydrogens (tertiary/aromatic N) is 2. The Bertz CT molecular complexity index is 476. The van der Waals surface area contributed by atoms with Gasteiger partial charge in [-0.2, -0.15) is 0 Å². The molecule has 1 saturated heterocycles. The van der Waals surface area contributed by atoms with Crippen molar-refractivity contribution in [2.24, 2.45) is 0 Å². The quantitative estimate of drug-likeness (QED) is 0.933. The second-order valence-corrected chi connectivity index (χ2v) is 7.69. The fraction of sp³-hybridized carbons (Fsp3) is 0.733. The third-order valence-corrected chi connectivity index (χ3v) is 5.02. The minimum absolute atomic E-state index is 0.0206. The number of hydrogen-bond acceptors (Lipinski definition) is 4. The van der Waals surface area contributed by atoms with Crippen molar-refractivity contribution in [1.82, 2.24) is 9.88 Å². The van der Waals surface area contributed by atoms with E-state index in [0.717, 1.165) is 24.4 Å². The van der Waals surface area contributed by atoms with Crippen molar-refractivity contribution >= 4 is 17.2 Å². The molecule has 4 nitrogen and oxygen atoms in total. The molecule has 1 aromatic rings. The van der Waals surface area contributed by atoms with Gasteiger partial charge in [-0.15, -0.1) is 11.3 Å². The number of carbonyl (C=O) groups is 1. The van der Waals surface area contributed by atoms with Crippen molar-refractivity contribution in [3.8, 4) is 0 Å². The van der Waals surface area contributed by atoms with Crippen molar-refractivity contribution in [3.05, 3.63) is 16.1 Å². The van der Waals surface area contributed by atoms with Gasteiger partial charge in [-0.1, -0.05) is 20.8 Å². The number of aliphatic hydroxyl groups excluding tert-OH is 1. The van der Waals surface area contributed by atoms with Crippen molar-refractivity contribution < 1.29 is 9.90 Å². The Morgan fingerprint density at radius 1 is 1.60 bits per heavy atom. The first kappa shape index (κ1) is 15.4. The summed E-state index contributed by atoms with van der Waals surface area (Å²) in [7, 11) is 0. The van der Waals surface area contributed by atoms with Gasteiger partial charge >= 0.3 is 0 Å². The summed E-state index contributed by atoms with van der Waals surface area (Å²) < 4.78 is 0. The summed E-state index contributed by atoms with van der Waals surface area (Å²) in [6, 6.07) is 0.169. The highest BCUT2D eigenvalue weighted by atomic mass is 32.1. The molecule has 0 spiro atoms. The van der Waals surface area contributed by atoms with E-state index in [-0.39, 0.29) is 23.5 Å². The van der Waals surface area contributed by atoms with E-state index < -0.39 is 0 Å². The van der Waals surface area contributed by atoms with E-state index in [4.69, 9.17) is 0 Å². The summed E-state index contributed by atoms with van der Waals surface area (Å²) in [6.45, 7) is 8.88. The molecule has 0 radical (unpaired) electrons. The molecule has 1 aliphatic heterocycles. The smallest absolute Gasteiger partial charge is 0.265 e. The molecule has 0 aromatic carbocycles. The highest BCUT2D eigenvalue weighted by Gasteiger charge is 2.31. The molecule has 112 valence electrons. The van der Waals surface area contributed by atoms with E-state index in [1.807, 2.05) is 4.90 Å². The number of amides is 1. The lowest BCUT2D eigenvalue weighted by molar-refractivity contribution is 0.0686. The first-order valence-electron chi connectivity index (χ1n) is 7.24. The summed E-state index contributed by atoms with van der Waals surface area (Å²) in [6.07, 6.45) is 4.01. The van der Waals surface area contributed by atoms with E-state index in [1.54, 1.807) is 13.1 Å². The van der Waals surface area contributed by atoms with E-state index >= 15 is 0 Å². The first-order valence-corrected chi connectivity index (χ1v) is 8.06. The highest BCUT2D eigenvalue weighted by molar-refractivity contribution is 7.13. The summed E-state index contributed by atoms with van der Waals surface area (Å²) in [4.78, 5) is 19.6. The van der Waals surface area contributed by atoms with Crippen LogP contribution in [0.1, 0.15) is 61.6 Å². The monoisotopic (exact) mass is 296 g/mol. The predicted molar refractivity (Wildman–Crippen MR) is 81.2 cm³/mol. The number of hydrogen-bond donors (Lipinski definition) is 1. The van der Waals surface area contributed by atoms with Crippen LogP contribution in [0.4, 0.5) is 0 Å². The molecule has 0 bridgehead atoms. The lowest BCUT2D eigenvalue weighted by Crippen LogP contribution is -2.36. The fourth-order valence-corrected chi connectivity index (χ4v) is 3.53. The zero-order chi connectivity index (χ0) is 14.9. The standard InChI is InChI=1S/C15H24N2O2S/c1-10(18)8-11-6-5-7-17(11)13(19)12-9-16-14(20-12)15(2,3)4/h9-11,18H,5-8H2,1-4H3. The Labute approximate surface area is 124 Å². The molecule has 20 heavy (non-hydrogen) atoms. The van der Waals surface area contributed by atoms with Crippen LogP contribution in [0.15, 0.2) is 6.20 Å². The fourth-order valence-electron chi connectivity index (χ4n) is 2.60. The van der Waals surface area contributed by atoms with Gasteiger partial charge in [0.25, 0.3) is 5.91 Å². The van der Waals surface area contributed by atoms with Crippen molar-refractivity contribution in [2.45, 2.75) is 64.5 Å². The lowest BCUT2D eigenvalue weighted by atomic mass is 9.98. The van der Waals surface area contributed by atoms with Gasteiger partial charge < -0.3 is 10.0 Å². The zero-order valence-electron chi connectivity index (χ0n) is 12.7. The maximum Gasteiger partial charge on any atom is 0.265 e. The molecule has 2 heterocycles. The maximum atomic E-state index is 12.6. The topological polar surface area (TPSA) is 53.4 Å². The SMILES string of the molecule is CC(O)CC1CCCN1C(=O)c1cnc(C(C)(C)C)s1. The molecule has 1 fully saturated rings. The van der Waals surface area contributed by atoms with Gasteiger partial charge in [0, 0.05) is 18.0 Å². The second-order valence-electron chi connectivity index (χ2n) is 6.66. The average molecular weight is 296 g/mol. The van der Waals surface area contributed by atoms with Crippen LogP contribution in [0.3, 0.4) is 0 Å². The zero-order valence-corrected chi connectivity index (χ0v) is 13.5. The van der Waals surface area contributed by atoms with Crippen LogP contribution in [0.25, 0.3) is 0 Å². The van der Waals surface area contributed by atoms with E-state index in [1.165, 1.54) is 11.3 Å². The van der Waals surface area contributed by atoms with Gasteiger partial charge in [0.05, 0.1) is 17.3 Å². The van der Waals surface area contributed by atoms with Gasteiger partial charge in [0.15, 0.2) is 0 Å². The first-order chi connectivity index (χ1) is 9.29. The van der Waals surface area contributed by atoms with Crippen molar-refractivity contribution in [1.29, 1.82) is 0 Å². The van der Waals surface area contributed by atoms with Gasteiger partial charge in [-0.05, 0) is 26.2 Å². The summed E-state index contributed by atoms with van der Waals surface area (Å²) in [5, 5.41) is 10.5. The van der Waals surface area contributed by atoms with Crippen LogP contribution < -0.4 is 0 Å². The number of carbonyl (C=O) groups excluding carboxylic acids is 1. The minimum Gasteiger partial charge on any atom is -0.393 e. The summed E-state index contributed by atoms with van der Waals surface area (Å²) in [5.74, 6) is 0.0705. The molecule has 1 aliphatic rings. The van der Waals surface area contributed by atoms with Crippen LogP contribution in [-0.4, -0.2) is 39.6 Å². The number of thiazole rings is 1. The Morgan fingerprint density at radius 2 is 2.30 bits per heavy atom. The molecule has 0 aliphatic carbocycles. The van der Waals surface area contributed by atoms with Crippen LogP contribution in [0.5, 0.6) is 0 Å². The van der Waals surface area contributed by atoms with Crippen molar-refractivity contribution in [3.63, 3.8) is 0 Å². The Hall–Kier alpha value is -0.940. The minimum atomic E-state index is -0.361. The number of aliphatic hydroxyl groups is 1. The number of rotatable bonds is 3.